The highest BCUT2D eigenvalue weighted by Crippen LogP contribution is 2.20. The molecule has 0 aliphatic carbocycles. The number of nitrogens with two attached hydrogens (primary N) is 1. The van der Waals surface area contributed by atoms with Crippen LogP contribution in [0.3, 0.4) is 0 Å². The zero-order valence-corrected chi connectivity index (χ0v) is 12.6. The molecule has 1 heterocycles. The maximum Gasteiger partial charge on any atom is 0.240 e. The SMILES string of the molecule is CCCNC(=O)C1COCCN1CC(C)(C)C(=O)NN. The van der Waals surface area contributed by atoms with Gasteiger partial charge in [0.2, 0.25) is 11.8 Å². The van der Waals surface area contributed by atoms with Crippen molar-refractivity contribution in [2.75, 3.05) is 32.8 Å². The molecule has 7 nitrogen and oxygen atoms in total. The van der Waals surface area contributed by atoms with Gasteiger partial charge in [-0.05, 0) is 20.3 Å². The van der Waals surface area contributed by atoms with Crippen LogP contribution in [0.5, 0.6) is 0 Å². The number of amides is 2. The van der Waals surface area contributed by atoms with E-state index in [0.29, 0.717) is 32.8 Å². The number of hydrogen-bond acceptors (Lipinski definition) is 5. The number of carbonyl (C=O) groups is 2. The highest BCUT2D eigenvalue weighted by Gasteiger charge is 2.36. The topological polar surface area (TPSA) is 96.7 Å². The first-order valence-electron chi connectivity index (χ1n) is 7.03. The molecule has 2 amide bonds. The van der Waals surface area contributed by atoms with Crippen molar-refractivity contribution in [1.29, 1.82) is 0 Å². The zero-order chi connectivity index (χ0) is 15.2. The molecule has 1 aliphatic heterocycles. The fourth-order valence-corrected chi connectivity index (χ4v) is 2.21. The van der Waals surface area contributed by atoms with Crippen LogP contribution >= 0.6 is 0 Å². The predicted octanol–water partition coefficient (Wildman–Crippen LogP) is -0.770. The molecule has 0 radical (unpaired) electrons. The van der Waals surface area contributed by atoms with E-state index >= 15 is 0 Å². The van der Waals surface area contributed by atoms with Gasteiger partial charge >= 0.3 is 0 Å². The van der Waals surface area contributed by atoms with Crippen molar-refractivity contribution in [1.82, 2.24) is 15.6 Å². The minimum absolute atomic E-state index is 0.0458. The normalized spacial score (nSPS) is 20.5. The van der Waals surface area contributed by atoms with E-state index in [1.165, 1.54) is 0 Å². The Balaban J connectivity index is 2.69. The number of hydrogen-bond donors (Lipinski definition) is 3. The second kappa shape index (κ2) is 7.56. The number of nitrogens with zero attached hydrogens (tertiary/aromatic N) is 1. The third kappa shape index (κ3) is 4.43. The second-order valence-electron chi connectivity index (χ2n) is 5.71. The van der Waals surface area contributed by atoms with Crippen LogP contribution in [0.2, 0.25) is 0 Å². The van der Waals surface area contributed by atoms with Crippen LogP contribution in [0, 0.1) is 5.41 Å². The number of ether oxygens (including phenoxy) is 1. The molecule has 0 aromatic heterocycles. The summed E-state index contributed by atoms with van der Waals surface area (Å²) >= 11 is 0. The molecular weight excluding hydrogens is 260 g/mol. The van der Waals surface area contributed by atoms with Crippen molar-refractivity contribution < 1.29 is 14.3 Å². The van der Waals surface area contributed by atoms with Gasteiger partial charge in [-0.2, -0.15) is 0 Å². The smallest absolute Gasteiger partial charge is 0.240 e. The van der Waals surface area contributed by atoms with Crippen LogP contribution < -0.4 is 16.6 Å². The molecule has 116 valence electrons. The molecule has 0 aromatic carbocycles. The van der Waals surface area contributed by atoms with Crippen LogP contribution in [-0.2, 0) is 14.3 Å². The fraction of sp³-hybridized carbons (Fsp3) is 0.846. The Labute approximate surface area is 120 Å². The molecular formula is C13H26N4O3. The highest BCUT2D eigenvalue weighted by molar-refractivity contribution is 5.83. The van der Waals surface area contributed by atoms with Gasteiger partial charge < -0.3 is 10.1 Å². The third-order valence-electron chi connectivity index (χ3n) is 3.44. The van der Waals surface area contributed by atoms with Crippen molar-refractivity contribution >= 4 is 11.8 Å². The Morgan fingerprint density at radius 3 is 2.75 bits per heavy atom. The van der Waals surface area contributed by atoms with Crippen molar-refractivity contribution in [2.45, 2.75) is 33.2 Å². The van der Waals surface area contributed by atoms with E-state index in [2.05, 4.69) is 10.7 Å². The van der Waals surface area contributed by atoms with Crippen LogP contribution in [0.4, 0.5) is 0 Å². The molecule has 1 unspecified atom stereocenters. The van der Waals surface area contributed by atoms with Gasteiger partial charge in [0.15, 0.2) is 0 Å². The van der Waals surface area contributed by atoms with E-state index in [9.17, 15) is 9.59 Å². The lowest BCUT2D eigenvalue weighted by Crippen LogP contribution is -2.58. The van der Waals surface area contributed by atoms with E-state index in [4.69, 9.17) is 10.6 Å². The molecule has 7 heteroatoms. The number of hydrazine groups is 1. The minimum Gasteiger partial charge on any atom is -0.378 e. The van der Waals surface area contributed by atoms with Crippen molar-refractivity contribution in [2.24, 2.45) is 11.3 Å². The molecule has 1 rings (SSSR count). The maximum atomic E-state index is 12.1. The molecule has 1 saturated heterocycles. The minimum atomic E-state index is -0.657. The second-order valence-corrected chi connectivity index (χ2v) is 5.71. The molecule has 1 aliphatic rings. The lowest BCUT2D eigenvalue weighted by atomic mass is 9.91. The summed E-state index contributed by atoms with van der Waals surface area (Å²) < 4.78 is 5.39. The summed E-state index contributed by atoms with van der Waals surface area (Å²) in [6, 6.07) is -0.347. The zero-order valence-electron chi connectivity index (χ0n) is 12.6. The first-order chi connectivity index (χ1) is 9.42. The Morgan fingerprint density at radius 2 is 2.15 bits per heavy atom. The van der Waals surface area contributed by atoms with E-state index < -0.39 is 5.41 Å². The molecule has 1 fully saturated rings. The summed E-state index contributed by atoms with van der Waals surface area (Å²) in [5.41, 5.74) is 1.52. The van der Waals surface area contributed by atoms with Gasteiger partial charge in [0, 0.05) is 19.6 Å². The molecule has 4 N–H and O–H groups in total. The Kier molecular flexibility index (Phi) is 6.38. The summed E-state index contributed by atoms with van der Waals surface area (Å²) in [4.78, 5) is 25.9. The average molecular weight is 286 g/mol. The van der Waals surface area contributed by atoms with Crippen LogP contribution in [0.1, 0.15) is 27.2 Å². The number of carbonyl (C=O) groups excluding carboxylic acids is 2. The predicted molar refractivity (Wildman–Crippen MR) is 75.6 cm³/mol. The van der Waals surface area contributed by atoms with Gasteiger partial charge in [-0.25, -0.2) is 5.84 Å². The molecule has 1 atom stereocenters. The molecule has 0 saturated carbocycles. The lowest BCUT2D eigenvalue weighted by Gasteiger charge is -2.38. The highest BCUT2D eigenvalue weighted by atomic mass is 16.5. The van der Waals surface area contributed by atoms with E-state index in [1.807, 2.05) is 25.7 Å². The Morgan fingerprint density at radius 1 is 1.45 bits per heavy atom. The Bertz CT molecular complexity index is 347. The van der Waals surface area contributed by atoms with Crippen molar-refractivity contribution in [3.8, 4) is 0 Å². The van der Waals surface area contributed by atoms with Crippen molar-refractivity contribution in [3.05, 3.63) is 0 Å². The molecule has 0 bridgehead atoms. The van der Waals surface area contributed by atoms with E-state index in [1.54, 1.807) is 0 Å². The van der Waals surface area contributed by atoms with Gasteiger partial charge in [-0.3, -0.25) is 19.9 Å². The van der Waals surface area contributed by atoms with Gasteiger partial charge in [0.1, 0.15) is 6.04 Å². The third-order valence-corrected chi connectivity index (χ3v) is 3.44. The summed E-state index contributed by atoms with van der Waals surface area (Å²) in [5.74, 6) is 4.92. The van der Waals surface area contributed by atoms with E-state index in [-0.39, 0.29) is 17.9 Å². The number of rotatable bonds is 6. The van der Waals surface area contributed by atoms with Gasteiger partial charge in [0.05, 0.1) is 18.6 Å². The Hall–Kier alpha value is -1.18. The lowest BCUT2D eigenvalue weighted by molar-refractivity contribution is -0.138. The summed E-state index contributed by atoms with van der Waals surface area (Å²) in [6.07, 6.45) is 0.889. The standard InChI is InChI=1S/C13H26N4O3/c1-4-5-15-11(18)10-8-20-7-6-17(10)9-13(2,3)12(19)16-14/h10H,4-9,14H2,1-3H3,(H,15,18)(H,16,19). The summed E-state index contributed by atoms with van der Waals surface area (Å²) in [6.45, 7) is 8.29. The summed E-state index contributed by atoms with van der Waals surface area (Å²) in [7, 11) is 0. The van der Waals surface area contributed by atoms with Crippen LogP contribution in [0.25, 0.3) is 0 Å². The average Bonchev–Trinajstić information content (AvgIpc) is 2.43. The fourth-order valence-electron chi connectivity index (χ4n) is 2.21. The van der Waals surface area contributed by atoms with Gasteiger partial charge in [-0.15, -0.1) is 0 Å². The first-order valence-corrected chi connectivity index (χ1v) is 7.03. The number of morpholine rings is 1. The first kappa shape index (κ1) is 16.9. The number of nitrogens with one attached hydrogen (secondary N) is 2. The largest absolute Gasteiger partial charge is 0.378 e. The van der Waals surface area contributed by atoms with Gasteiger partial charge in [0.25, 0.3) is 0 Å². The van der Waals surface area contributed by atoms with E-state index in [0.717, 1.165) is 6.42 Å². The molecule has 20 heavy (non-hydrogen) atoms. The van der Waals surface area contributed by atoms with Crippen LogP contribution in [-0.4, -0.2) is 55.6 Å². The summed E-state index contributed by atoms with van der Waals surface area (Å²) in [5, 5.41) is 2.88. The maximum absolute atomic E-state index is 12.1. The molecule has 0 aromatic rings. The molecule has 0 spiro atoms. The van der Waals surface area contributed by atoms with Crippen molar-refractivity contribution in [3.63, 3.8) is 0 Å². The van der Waals surface area contributed by atoms with Crippen LogP contribution in [0.15, 0.2) is 0 Å². The van der Waals surface area contributed by atoms with Gasteiger partial charge in [-0.1, -0.05) is 6.92 Å². The monoisotopic (exact) mass is 286 g/mol. The quantitative estimate of drug-likeness (QED) is 0.338.